The van der Waals surface area contributed by atoms with Crippen molar-refractivity contribution in [3.63, 3.8) is 0 Å². The number of hydrogen-bond acceptors (Lipinski definition) is 7. The van der Waals surface area contributed by atoms with Crippen LogP contribution in [0, 0.1) is 0 Å². The molecule has 0 radical (unpaired) electrons. The van der Waals surface area contributed by atoms with Crippen molar-refractivity contribution in [1.29, 1.82) is 0 Å². The van der Waals surface area contributed by atoms with Crippen LogP contribution in [0.25, 0.3) is 11.4 Å². The van der Waals surface area contributed by atoms with Crippen LogP contribution in [0.5, 0.6) is 0 Å². The molecule has 1 aromatic heterocycles. The molecule has 0 amide bonds. The Bertz CT molecular complexity index is 662. The van der Waals surface area contributed by atoms with Crippen molar-refractivity contribution in [3.8, 4) is 11.4 Å². The van der Waals surface area contributed by atoms with Crippen LogP contribution in [-0.2, 0) is 20.8 Å². The highest BCUT2D eigenvalue weighted by molar-refractivity contribution is 6.30. The first kappa shape index (κ1) is 18.4. The van der Waals surface area contributed by atoms with E-state index >= 15 is 0 Å². The zero-order chi connectivity index (χ0) is 17.4. The Hall–Kier alpha value is -1.96. The fourth-order valence-electron chi connectivity index (χ4n) is 2.08. The number of methoxy groups -OCH3 is 1. The third-order valence-electron chi connectivity index (χ3n) is 3.18. The zero-order valence-corrected chi connectivity index (χ0v) is 14.5. The first-order chi connectivity index (χ1) is 11.6. The molecule has 0 aliphatic heterocycles. The highest BCUT2D eigenvalue weighted by atomic mass is 35.5. The average molecular weight is 354 g/mol. The van der Waals surface area contributed by atoms with Crippen LogP contribution in [0.3, 0.4) is 0 Å². The minimum Gasteiger partial charge on any atom is -0.465 e. The number of halogens is 1. The normalized spacial score (nSPS) is 11.0. The molecule has 0 bridgehead atoms. The largest absolute Gasteiger partial charge is 0.465 e. The summed E-state index contributed by atoms with van der Waals surface area (Å²) >= 11 is 5.97. The minimum atomic E-state index is -0.303. The summed E-state index contributed by atoms with van der Waals surface area (Å²) < 4.78 is 15.3. The van der Waals surface area contributed by atoms with E-state index in [4.69, 9.17) is 25.6 Å². The lowest BCUT2D eigenvalue weighted by Crippen LogP contribution is -2.33. The maximum atomic E-state index is 11.7. The van der Waals surface area contributed by atoms with E-state index in [1.165, 1.54) is 0 Å². The van der Waals surface area contributed by atoms with Gasteiger partial charge in [-0.05, 0) is 19.1 Å². The van der Waals surface area contributed by atoms with Gasteiger partial charge in [-0.25, -0.2) is 0 Å². The first-order valence-electron chi connectivity index (χ1n) is 7.57. The summed E-state index contributed by atoms with van der Waals surface area (Å²) in [6, 6.07) is 7.20. The van der Waals surface area contributed by atoms with Crippen LogP contribution >= 0.6 is 11.6 Å². The maximum absolute atomic E-state index is 11.7. The Morgan fingerprint density at radius 3 is 2.96 bits per heavy atom. The van der Waals surface area contributed by atoms with Crippen molar-refractivity contribution in [3.05, 3.63) is 35.2 Å². The van der Waals surface area contributed by atoms with Gasteiger partial charge in [0.15, 0.2) is 0 Å². The van der Waals surface area contributed by atoms with Gasteiger partial charge in [-0.3, -0.25) is 9.69 Å². The molecule has 0 saturated heterocycles. The third kappa shape index (κ3) is 5.59. The molecule has 0 aliphatic rings. The molecule has 130 valence electrons. The number of hydrogen-bond donors (Lipinski definition) is 0. The van der Waals surface area contributed by atoms with Crippen LogP contribution in [-0.4, -0.2) is 54.4 Å². The molecular formula is C16H20ClN3O4. The quantitative estimate of drug-likeness (QED) is 0.640. The lowest BCUT2D eigenvalue weighted by Gasteiger charge is -2.18. The molecule has 24 heavy (non-hydrogen) atoms. The maximum Gasteiger partial charge on any atom is 0.320 e. The molecule has 2 aromatic rings. The molecule has 1 aromatic carbocycles. The second-order valence-electron chi connectivity index (χ2n) is 5.03. The molecule has 7 nitrogen and oxygen atoms in total. The number of aromatic nitrogens is 2. The van der Waals surface area contributed by atoms with Gasteiger partial charge in [0.2, 0.25) is 11.7 Å². The van der Waals surface area contributed by atoms with Gasteiger partial charge in [-0.2, -0.15) is 4.98 Å². The second-order valence-corrected chi connectivity index (χ2v) is 5.47. The molecule has 2 rings (SSSR count). The van der Waals surface area contributed by atoms with E-state index in [-0.39, 0.29) is 12.5 Å². The van der Waals surface area contributed by atoms with Gasteiger partial charge in [0.05, 0.1) is 26.3 Å². The molecular weight excluding hydrogens is 334 g/mol. The molecule has 0 unspecified atom stereocenters. The fraction of sp³-hybridized carbons (Fsp3) is 0.438. The SMILES string of the molecule is CCOC(=O)CN(CCOC)Cc1nc(-c2cccc(Cl)c2)no1. The van der Waals surface area contributed by atoms with E-state index in [0.717, 1.165) is 5.56 Å². The van der Waals surface area contributed by atoms with Gasteiger partial charge >= 0.3 is 5.97 Å². The van der Waals surface area contributed by atoms with Crippen LogP contribution < -0.4 is 0 Å². The zero-order valence-electron chi connectivity index (χ0n) is 13.7. The number of benzene rings is 1. The Balaban J connectivity index is 2.04. The van der Waals surface area contributed by atoms with Crippen molar-refractivity contribution in [2.45, 2.75) is 13.5 Å². The first-order valence-corrected chi connectivity index (χ1v) is 7.95. The van der Waals surface area contributed by atoms with E-state index in [1.807, 2.05) is 17.0 Å². The van der Waals surface area contributed by atoms with Gasteiger partial charge in [-0.1, -0.05) is 28.9 Å². The summed E-state index contributed by atoms with van der Waals surface area (Å²) in [6.07, 6.45) is 0. The van der Waals surface area contributed by atoms with Crippen molar-refractivity contribution in [1.82, 2.24) is 15.0 Å². The van der Waals surface area contributed by atoms with Crippen molar-refractivity contribution >= 4 is 17.6 Å². The van der Waals surface area contributed by atoms with Gasteiger partial charge in [-0.15, -0.1) is 0 Å². The van der Waals surface area contributed by atoms with Crippen LogP contribution in [0.1, 0.15) is 12.8 Å². The van der Waals surface area contributed by atoms with E-state index in [1.54, 1.807) is 26.2 Å². The van der Waals surface area contributed by atoms with Crippen molar-refractivity contribution in [2.75, 3.05) is 33.4 Å². The molecule has 0 aliphatic carbocycles. The Labute approximate surface area is 145 Å². The number of ether oxygens (including phenoxy) is 2. The Morgan fingerprint density at radius 2 is 2.25 bits per heavy atom. The van der Waals surface area contributed by atoms with Gasteiger partial charge in [0.1, 0.15) is 0 Å². The summed E-state index contributed by atoms with van der Waals surface area (Å²) in [7, 11) is 1.60. The average Bonchev–Trinajstić information content (AvgIpc) is 3.01. The van der Waals surface area contributed by atoms with Gasteiger partial charge in [0, 0.05) is 24.2 Å². The van der Waals surface area contributed by atoms with E-state index in [0.29, 0.717) is 43.0 Å². The fourth-order valence-corrected chi connectivity index (χ4v) is 2.27. The number of nitrogens with zero attached hydrogens (tertiary/aromatic N) is 3. The number of carbonyl (C=O) groups excluding carboxylic acids is 1. The third-order valence-corrected chi connectivity index (χ3v) is 3.41. The molecule has 0 atom stereocenters. The Kier molecular flexibility index (Phi) is 7.17. The summed E-state index contributed by atoms with van der Waals surface area (Å²) in [6.45, 7) is 3.60. The minimum absolute atomic E-state index is 0.131. The topological polar surface area (TPSA) is 77.7 Å². The number of carbonyl (C=O) groups is 1. The lowest BCUT2D eigenvalue weighted by atomic mass is 10.2. The highest BCUT2D eigenvalue weighted by Gasteiger charge is 2.16. The van der Waals surface area contributed by atoms with Crippen LogP contribution in [0.4, 0.5) is 0 Å². The molecule has 1 heterocycles. The monoisotopic (exact) mass is 353 g/mol. The molecule has 0 saturated carbocycles. The summed E-state index contributed by atoms with van der Waals surface area (Å²) in [5, 5.41) is 4.56. The standard InChI is InChI=1S/C16H20ClN3O4/c1-3-23-15(21)11-20(7-8-22-2)10-14-18-16(19-24-14)12-5-4-6-13(17)9-12/h4-6,9H,3,7-8,10-11H2,1-2H3. The van der Waals surface area contributed by atoms with Gasteiger partial charge < -0.3 is 14.0 Å². The summed E-state index contributed by atoms with van der Waals surface area (Å²) in [5.74, 6) is 0.559. The molecule has 0 spiro atoms. The summed E-state index contributed by atoms with van der Waals surface area (Å²) in [4.78, 5) is 17.9. The van der Waals surface area contributed by atoms with E-state index in [2.05, 4.69) is 10.1 Å². The number of esters is 1. The van der Waals surface area contributed by atoms with E-state index in [9.17, 15) is 4.79 Å². The predicted octanol–water partition coefficient (Wildman–Crippen LogP) is 2.40. The molecule has 8 heteroatoms. The molecule has 0 N–H and O–H groups in total. The summed E-state index contributed by atoms with van der Waals surface area (Å²) in [5.41, 5.74) is 0.770. The van der Waals surface area contributed by atoms with Crippen molar-refractivity contribution in [2.24, 2.45) is 0 Å². The predicted molar refractivity (Wildman–Crippen MR) is 88.5 cm³/mol. The number of rotatable bonds is 9. The highest BCUT2D eigenvalue weighted by Crippen LogP contribution is 2.20. The Morgan fingerprint density at radius 1 is 1.42 bits per heavy atom. The van der Waals surface area contributed by atoms with Crippen molar-refractivity contribution < 1.29 is 18.8 Å². The van der Waals surface area contributed by atoms with Gasteiger partial charge in [0.25, 0.3) is 0 Å². The second kappa shape index (κ2) is 9.36. The molecule has 0 fully saturated rings. The van der Waals surface area contributed by atoms with Crippen LogP contribution in [0.15, 0.2) is 28.8 Å². The van der Waals surface area contributed by atoms with E-state index < -0.39 is 0 Å². The smallest absolute Gasteiger partial charge is 0.320 e. The lowest BCUT2D eigenvalue weighted by molar-refractivity contribution is -0.144. The van der Waals surface area contributed by atoms with Crippen LogP contribution in [0.2, 0.25) is 5.02 Å².